The van der Waals surface area contributed by atoms with Crippen molar-refractivity contribution in [3.63, 3.8) is 0 Å². The molecule has 0 bridgehead atoms. The van der Waals surface area contributed by atoms with Crippen molar-refractivity contribution in [1.82, 2.24) is 15.1 Å². The van der Waals surface area contributed by atoms with Crippen molar-refractivity contribution in [3.8, 4) is 0 Å². The van der Waals surface area contributed by atoms with Crippen LogP contribution in [-0.2, 0) is 0 Å². The van der Waals surface area contributed by atoms with Gasteiger partial charge in [0.25, 0.3) is 0 Å². The van der Waals surface area contributed by atoms with Crippen LogP contribution in [0.3, 0.4) is 0 Å². The molecule has 3 nitrogen and oxygen atoms in total. The van der Waals surface area contributed by atoms with E-state index >= 15 is 0 Å². The van der Waals surface area contributed by atoms with Gasteiger partial charge in [0.1, 0.15) is 0 Å². The molecule has 0 spiro atoms. The summed E-state index contributed by atoms with van der Waals surface area (Å²) in [4.78, 5) is 5.29. The van der Waals surface area contributed by atoms with Gasteiger partial charge in [-0.15, -0.1) is 0 Å². The monoisotopic (exact) mass is 253 g/mol. The van der Waals surface area contributed by atoms with E-state index in [2.05, 4.69) is 36.0 Å². The molecule has 1 N–H and O–H groups in total. The summed E-state index contributed by atoms with van der Waals surface area (Å²) in [5, 5.41) is 3.65. The average molecular weight is 253 g/mol. The molecular weight excluding hydrogens is 222 g/mol. The lowest BCUT2D eigenvalue weighted by Crippen LogP contribution is -2.44. The fraction of sp³-hybridized carbons (Fsp3) is 1.00. The van der Waals surface area contributed by atoms with E-state index in [1.165, 1.54) is 58.3 Å². The highest BCUT2D eigenvalue weighted by Gasteiger charge is 2.31. The van der Waals surface area contributed by atoms with E-state index in [1.54, 1.807) is 0 Å². The van der Waals surface area contributed by atoms with Gasteiger partial charge in [0.15, 0.2) is 0 Å². The minimum absolute atomic E-state index is 0.753. The summed E-state index contributed by atoms with van der Waals surface area (Å²) in [7, 11) is 2.27. The fourth-order valence-electron chi connectivity index (χ4n) is 3.40. The number of nitrogens with one attached hydrogen (secondary N) is 1. The van der Waals surface area contributed by atoms with Crippen LogP contribution in [0.2, 0.25) is 0 Å². The number of likely N-dealkylation sites (N-methyl/N-ethyl adjacent to an activating group) is 1. The van der Waals surface area contributed by atoms with Crippen molar-refractivity contribution in [2.45, 2.75) is 64.1 Å². The van der Waals surface area contributed by atoms with E-state index in [-0.39, 0.29) is 0 Å². The highest BCUT2D eigenvalue weighted by molar-refractivity contribution is 4.89. The standard InChI is InChI=1S/C15H31N3/c1-4-5-9-18(11-14-7-6-8-16-14)15-10-13(2)17(3)12-15/h13-16H,4-12H2,1-3H3. The van der Waals surface area contributed by atoms with Crippen molar-refractivity contribution in [2.24, 2.45) is 0 Å². The van der Waals surface area contributed by atoms with Gasteiger partial charge in [0.05, 0.1) is 0 Å². The van der Waals surface area contributed by atoms with Crippen LogP contribution in [0, 0.1) is 0 Å². The van der Waals surface area contributed by atoms with E-state index < -0.39 is 0 Å². The molecule has 18 heavy (non-hydrogen) atoms. The maximum absolute atomic E-state index is 3.65. The molecule has 106 valence electrons. The van der Waals surface area contributed by atoms with Crippen LogP contribution < -0.4 is 5.32 Å². The summed E-state index contributed by atoms with van der Waals surface area (Å²) < 4.78 is 0. The highest BCUT2D eigenvalue weighted by Crippen LogP contribution is 2.22. The minimum Gasteiger partial charge on any atom is -0.313 e. The lowest BCUT2D eigenvalue weighted by molar-refractivity contribution is 0.179. The highest BCUT2D eigenvalue weighted by atomic mass is 15.3. The van der Waals surface area contributed by atoms with Crippen LogP contribution in [0.15, 0.2) is 0 Å². The van der Waals surface area contributed by atoms with Gasteiger partial charge in [-0.1, -0.05) is 13.3 Å². The third kappa shape index (κ3) is 3.69. The second-order valence-electron chi connectivity index (χ2n) is 6.32. The Morgan fingerprint density at radius 1 is 1.39 bits per heavy atom. The molecule has 0 saturated carbocycles. The van der Waals surface area contributed by atoms with Gasteiger partial charge in [-0.05, 0) is 52.7 Å². The number of nitrogens with zero attached hydrogens (tertiary/aromatic N) is 2. The summed E-state index contributed by atoms with van der Waals surface area (Å²) in [6.45, 7) is 9.72. The molecule has 2 saturated heterocycles. The Balaban J connectivity index is 1.87. The second kappa shape index (κ2) is 6.88. The van der Waals surface area contributed by atoms with Crippen molar-refractivity contribution < 1.29 is 0 Å². The van der Waals surface area contributed by atoms with E-state index in [0.717, 1.165) is 18.1 Å². The summed E-state index contributed by atoms with van der Waals surface area (Å²) in [5.74, 6) is 0. The number of hydrogen-bond donors (Lipinski definition) is 1. The van der Waals surface area contributed by atoms with Crippen LogP contribution in [0.1, 0.15) is 46.0 Å². The number of likely N-dealkylation sites (tertiary alicyclic amines) is 1. The summed E-state index contributed by atoms with van der Waals surface area (Å²) >= 11 is 0. The van der Waals surface area contributed by atoms with Crippen molar-refractivity contribution in [2.75, 3.05) is 33.2 Å². The Kier molecular flexibility index (Phi) is 5.46. The molecule has 3 unspecified atom stereocenters. The van der Waals surface area contributed by atoms with Gasteiger partial charge in [-0.2, -0.15) is 0 Å². The summed E-state index contributed by atoms with van der Waals surface area (Å²) in [6, 6.07) is 2.30. The molecular formula is C15H31N3. The molecule has 2 heterocycles. The Hall–Kier alpha value is -0.120. The Morgan fingerprint density at radius 2 is 2.22 bits per heavy atom. The molecule has 0 aliphatic carbocycles. The Morgan fingerprint density at radius 3 is 2.78 bits per heavy atom. The van der Waals surface area contributed by atoms with E-state index in [0.29, 0.717) is 0 Å². The van der Waals surface area contributed by atoms with Crippen LogP contribution >= 0.6 is 0 Å². The molecule has 0 aromatic heterocycles. The van der Waals surface area contributed by atoms with Gasteiger partial charge in [0.2, 0.25) is 0 Å². The maximum atomic E-state index is 3.65. The predicted octanol–water partition coefficient (Wildman–Crippen LogP) is 1.93. The van der Waals surface area contributed by atoms with Crippen LogP contribution in [-0.4, -0.2) is 61.2 Å². The lowest BCUT2D eigenvalue weighted by atomic mass is 10.1. The van der Waals surface area contributed by atoms with Gasteiger partial charge < -0.3 is 10.2 Å². The molecule has 2 aliphatic heterocycles. The molecule has 2 fully saturated rings. The van der Waals surface area contributed by atoms with Gasteiger partial charge in [-0.3, -0.25) is 4.90 Å². The average Bonchev–Trinajstić information content (AvgIpc) is 2.96. The zero-order valence-corrected chi connectivity index (χ0v) is 12.5. The largest absolute Gasteiger partial charge is 0.313 e. The van der Waals surface area contributed by atoms with Crippen molar-refractivity contribution >= 4 is 0 Å². The molecule has 0 amide bonds. The Labute approximate surface area is 113 Å². The van der Waals surface area contributed by atoms with Gasteiger partial charge in [-0.25, -0.2) is 0 Å². The van der Waals surface area contributed by atoms with E-state index in [1.807, 2.05) is 0 Å². The summed E-state index contributed by atoms with van der Waals surface area (Å²) in [5.41, 5.74) is 0. The first-order chi connectivity index (χ1) is 8.70. The summed E-state index contributed by atoms with van der Waals surface area (Å²) in [6.07, 6.45) is 6.76. The molecule has 3 atom stereocenters. The SMILES string of the molecule is CCCCN(CC1CCCN1)C1CC(C)N(C)C1. The molecule has 0 aromatic rings. The molecule has 0 aromatic carbocycles. The van der Waals surface area contributed by atoms with Gasteiger partial charge >= 0.3 is 0 Å². The smallest absolute Gasteiger partial charge is 0.0238 e. The maximum Gasteiger partial charge on any atom is 0.0238 e. The van der Waals surface area contributed by atoms with E-state index in [9.17, 15) is 0 Å². The quantitative estimate of drug-likeness (QED) is 0.780. The topological polar surface area (TPSA) is 18.5 Å². The van der Waals surface area contributed by atoms with Crippen molar-refractivity contribution in [3.05, 3.63) is 0 Å². The van der Waals surface area contributed by atoms with Crippen LogP contribution in [0.25, 0.3) is 0 Å². The second-order valence-corrected chi connectivity index (χ2v) is 6.32. The normalized spacial score (nSPS) is 33.7. The van der Waals surface area contributed by atoms with Gasteiger partial charge in [0, 0.05) is 31.2 Å². The lowest BCUT2D eigenvalue weighted by Gasteiger charge is -2.31. The Bertz CT molecular complexity index is 228. The molecule has 3 heteroatoms. The van der Waals surface area contributed by atoms with Crippen LogP contribution in [0.4, 0.5) is 0 Å². The van der Waals surface area contributed by atoms with E-state index in [4.69, 9.17) is 0 Å². The fourth-order valence-corrected chi connectivity index (χ4v) is 3.40. The predicted molar refractivity (Wildman–Crippen MR) is 78.0 cm³/mol. The van der Waals surface area contributed by atoms with Crippen molar-refractivity contribution in [1.29, 1.82) is 0 Å². The molecule has 0 radical (unpaired) electrons. The zero-order valence-electron chi connectivity index (χ0n) is 12.5. The minimum atomic E-state index is 0.753. The third-order valence-corrected chi connectivity index (χ3v) is 4.80. The zero-order chi connectivity index (χ0) is 13.0. The van der Waals surface area contributed by atoms with Crippen LogP contribution in [0.5, 0.6) is 0 Å². The molecule has 2 aliphatic rings. The number of hydrogen-bond acceptors (Lipinski definition) is 3. The number of unbranched alkanes of at least 4 members (excludes halogenated alkanes) is 1. The first kappa shape index (κ1) is 14.3. The first-order valence-electron chi connectivity index (χ1n) is 7.88. The number of rotatable bonds is 6. The third-order valence-electron chi connectivity index (χ3n) is 4.80. The first-order valence-corrected chi connectivity index (χ1v) is 7.88. The molecule has 2 rings (SSSR count).